The van der Waals surface area contributed by atoms with Crippen molar-refractivity contribution >= 4 is 38.3 Å². The fourth-order valence-electron chi connectivity index (χ4n) is 2.93. The van der Waals surface area contributed by atoms with E-state index in [1.807, 2.05) is 18.2 Å². The van der Waals surface area contributed by atoms with Crippen LogP contribution in [0.2, 0.25) is 5.02 Å². The summed E-state index contributed by atoms with van der Waals surface area (Å²) in [6.07, 6.45) is 6.59. The van der Waals surface area contributed by atoms with Gasteiger partial charge in [-0.3, -0.25) is 0 Å². The highest BCUT2D eigenvalue weighted by atomic mass is 35.5. The second kappa shape index (κ2) is 5.68. The average molecular weight is 295 g/mol. The van der Waals surface area contributed by atoms with Crippen LogP contribution in [0, 0.1) is 5.92 Å². The van der Waals surface area contributed by atoms with Gasteiger partial charge in [-0.25, -0.2) is 4.98 Å². The smallest absolute Gasteiger partial charge is 0.184 e. The number of rotatable bonds is 3. The summed E-state index contributed by atoms with van der Waals surface area (Å²) in [4.78, 5) is 4.65. The lowest BCUT2D eigenvalue weighted by atomic mass is 9.84. The van der Waals surface area contributed by atoms with Gasteiger partial charge in [0.1, 0.15) is 0 Å². The van der Waals surface area contributed by atoms with Crippen molar-refractivity contribution in [3.8, 4) is 0 Å². The zero-order chi connectivity index (χ0) is 13.2. The number of halogens is 1. The average Bonchev–Trinajstić information content (AvgIpc) is 2.80. The van der Waals surface area contributed by atoms with Crippen molar-refractivity contribution in [1.29, 1.82) is 0 Å². The number of nitrogens with one attached hydrogen (secondary N) is 1. The Morgan fingerprint density at radius 3 is 3.16 bits per heavy atom. The normalized spacial score (nSPS) is 23.7. The van der Waals surface area contributed by atoms with E-state index in [1.165, 1.54) is 32.1 Å². The van der Waals surface area contributed by atoms with Gasteiger partial charge in [0, 0.05) is 11.1 Å². The van der Waals surface area contributed by atoms with Gasteiger partial charge in [-0.2, -0.15) is 0 Å². The van der Waals surface area contributed by atoms with E-state index in [2.05, 4.69) is 17.2 Å². The monoisotopic (exact) mass is 294 g/mol. The van der Waals surface area contributed by atoms with Crippen LogP contribution < -0.4 is 5.32 Å². The molecule has 1 N–H and O–H groups in total. The van der Waals surface area contributed by atoms with Gasteiger partial charge in [-0.05, 0) is 37.0 Å². The van der Waals surface area contributed by atoms with Crippen molar-refractivity contribution in [3.05, 3.63) is 23.2 Å². The van der Waals surface area contributed by atoms with Gasteiger partial charge in [0.05, 0.1) is 10.2 Å². The van der Waals surface area contributed by atoms with E-state index >= 15 is 0 Å². The molecular formula is C15H19ClN2S. The summed E-state index contributed by atoms with van der Waals surface area (Å²) >= 11 is 7.72. The Morgan fingerprint density at radius 1 is 1.42 bits per heavy atom. The fraction of sp³-hybridized carbons (Fsp3) is 0.533. The first-order valence-corrected chi connectivity index (χ1v) is 8.26. The molecule has 1 aromatic carbocycles. The summed E-state index contributed by atoms with van der Waals surface area (Å²) in [6.45, 7) is 2.30. The third-order valence-electron chi connectivity index (χ3n) is 4.04. The third kappa shape index (κ3) is 3.03. The molecule has 2 nitrogen and oxygen atoms in total. The Labute approximate surface area is 123 Å². The SMILES string of the molecule is CCC1CCCC(Nc2nc3ccc(Cl)cc3s2)C1. The van der Waals surface area contributed by atoms with Crippen LogP contribution in [0.5, 0.6) is 0 Å². The molecule has 0 amide bonds. The molecule has 1 heterocycles. The number of fused-ring (bicyclic) bond motifs is 1. The molecule has 2 aromatic rings. The van der Waals surface area contributed by atoms with E-state index in [0.29, 0.717) is 6.04 Å². The van der Waals surface area contributed by atoms with Gasteiger partial charge in [0.25, 0.3) is 0 Å². The Morgan fingerprint density at radius 2 is 2.32 bits per heavy atom. The maximum Gasteiger partial charge on any atom is 0.184 e. The highest BCUT2D eigenvalue weighted by molar-refractivity contribution is 7.22. The second-order valence-corrected chi connectivity index (χ2v) is 6.88. The van der Waals surface area contributed by atoms with Gasteiger partial charge in [0.2, 0.25) is 0 Å². The van der Waals surface area contributed by atoms with Gasteiger partial charge in [0.15, 0.2) is 5.13 Å². The molecule has 102 valence electrons. The van der Waals surface area contributed by atoms with E-state index in [0.717, 1.165) is 26.3 Å². The molecule has 2 atom stereocenters. The molecule has 19 heavy (non-hydrogen) atoms. The Hall–Kier alpha value is -0.800. The van der Waals surface area contributed by atoms with Crippen LogP contribution >= 0.6 is 22.9 Å². The minimum absolute atomic E-state index is 0.592. The van der Waals surface area contributed by atoms with Gasteiger partial charge < -0.3 is 5.32 Å². The quantitative estimate of drug-likeness (QED) is 0.827. The molecule has 1 fully saturated rings. The minimum Gasteiger partial charge on any atom is -0.359 e. The summed E-state index contributed by atoms with van der Waals surface area (Å²) < 4.78 is 1.16. The lowest BCUT2D eigenvalue weighted by Crippen LogP contribution is -2.26. The van der Waals surface area contributed by atoms with Crippen molar-refractivity contribution in [1.82, 2.24) is 4.98 Å². The van der Waals surface area contributed by atoms with Crippen LogP contribution in [0.15, 0.2) is 18.2 Å². The van der Waals surface area contributed by atoms with E-state index < -0.39 is 0 Å². The van der Waals surface area contributed by atoms with Gasteiger partial charge >= 0.3 is 0 Å². The number of hydrogen-bond donors (Lipinski definition) is 1. The third-order valence-corrected chi connectivity index (χ3v) is 5.22. The van der Waals surface area contributed by atoms with Gasteiger partial charge in [-0.15, -0.1) is 0 Å². The summed E-state index contributed by atoms with van der Waals surface area (Å²) in [5.41, 5.74) is 1.04. The highest BCUT2D eigenvalue weighted by Gasteiger charge is 2.21. The lowest BCUT2D eigenvalue weighted by Gasteiger charge is -2.28. The van der Waals surface area contributed by atoms with Crippen LogP contribution in [0.3, 0.4) is 0 Å². The Balaban J connectivity index is 1.74. The molecule has 1 saturated carbocycles. The molecule has 0 radical (unpaired) electrons. The molecular weight excluding hydrogens is 276 g/mol. The zero-order valence-corrected chi connectivity index (χ0v) is 12.7. The number of hydrogen-bond acceptors (Lipinski definition) is 3. The van der Waals surface area contributed by atoms with E-state index in [4.69, 9.17) is 11.6 Å². The largest absolute Gasteiger partial charge is 0.359 e. The summed E-state index contributed by atoms with van der Waals surface area (Å²) in [5.74, 6) is 0.884. The first kappa shape index (κ1) is 13.2. The highest BCUT2D eigenvalue weighted by Crippen LogP contribution is 2.32. The van der Waals surface area contributed by atoms with Crippen molar-refractivity contribution < 1.29 is 0 Å². The van der Waals surface area contributed by atoms with E-state index in [9.17, 15) is 0 Å². The molecule has 1 aliphatic rings. The topological polar surface area (TPSA) is 24.9 Å². The van der Waals surface area contributed by atoms with Crippen LogP contribution in [0.25, 0.3) is 10.2 Å². The second-order valence-electron chi connectivity index (χ2n) is 5.41. The molecule has 2 unspecified atom stereocenters. The molecule has 1 aromatic heterocycles. The predicted octanol–water partition coefficient (Wildman–Crippen LogP) is 5.33. The molecule has 1 aliphatic carbocycles. The van der Waals surface area contributed by atoms with Gasteiger partial charge in [-0.1, -0.05) is 49.1 Å². The molecule has 0 saturated heterocycles. The number of nitrogens with zero attached hydrogens (tertiary/aromatic N) is 1. The number of thiazole rings is 1. The predicted molar refractivity (Wildman–Crippen MR) is 84.3 cm³/mol. The first-order chi connectivity index (χ1) is 9.24. The van der Waals surface area contributed by atoms with Crippen molar-refractivity contribution in [3.63, 3.8) is 0 Å². The van der Waals surface area contributed by atoms with Crippen molar-refractivity contribution in [2.45, 2.75) is 45.1 Å². The fourth-order valence-corrected chi connectivity index (χ4v) is 4.15. The molecule has 0 bridgehead atoms. The van der Waals surface area contributed by atoms with E-state index in [-0.39, 0.29) is 0 Å². The maximum atomic E-state index is 6.02. The van der Waals surface area contributed by atoms with Crippen LogP contribution in [-0.2, 0) is 0 Å². The van der Waals surface area contributed by atoms with Crippen molar-refractivity contribution in [2.24, 2.45) is 5.92 Å². The summed E-state index contributed by atoms with van der Waals surface area (Å²) in [7, 11) is 0. The van der Waals surface area contributed by atoms with E-state index in [1.54, 1.807) is 11.3 Å². The van der Waals surface area contributed by atoms with Crippen LogP contribution in [-0.4, -0.2) is 11.0 Å². The maximum absolute atomic E-state index is 6.02. The molecule has 0 aliphatic heterocycles. The number of aromatic nitrogens is 1. The Bertz CT molecular complexity index is 566. The lowest BCUT2D eigenvalue weighted by molar-refractivity contribution is 0.327. The van der Waals surface area contributed by atoms with Crippen LogP contribution in [0.4, 0.5) is 5.13 Å². The Kier molecular flexibility index (Phi) is 3.94. The van der Waals surface area contributed by atoms with Crippen LogP contribution in [0.1, 0.15) is 39.0 Å². The molecule has 3 rings (SSSR count). The molecule has 4 heteroatoms. The molecule has 0 spiro atoms. The first-order valence-electron chi connectivity index (χ1n) is 7.07. The van der Waals surface area contributed by atoms with Crippen molar-refractivity contribution in [2.75, 3.05) is 5.32 Å². The zero-order valence-electron chi connectivity index (χ0n) is 11.2. The number of benzene rings is 1. The summed E-state index contributed by atoms with van der Waals surface area (Å²) in [5, 5.41) is 5.44. The summed E-state index contributed by atoms with van der Waals surface area (Å²) in [6, 6.07) is 6.49. The number of anilines is 1. The standard InChI is InChI=1S/C15H19ClN2S/c1-2-10-4-3-5-12(8-10)17-15-18-13-7-6-11(16)9-14(13)19-15/h6-7,9-10,12H,2-5,8H2,1H3,(H,17,18). The minimum atomic E-state index is 0.592.